The van der Waals surface area contributed by atoms with Crippen molar-refractivity contribution in [2.45, 2.75) is 29.6 Å². The van der Waals surface area contributed by atoms with E-state index in [9.17, 15) is 0 Å². The molecule has 0 fully saturated rings. The molecule has 0 saturated heterocycles. The fourth-order valence-electron chi connectivity index (χ4n) is 1.59. The van der Waals surface area contributed by atoms with E-state index >= 15 is 0 Å². The SMILES string of the molecule is C=C=C=[C]([Sn]([CH3])([CH3])[CH3])[Sn]([CH3])([CH3])[CH3]. The van der Waals surface area contributed by atoms with Crippen molar-refractivity contribution >= 4 is 36.8 Å². The van der Waals surface area contributed by atoms with Crippen LogP contribution in [0.25, 0.3) is 0 Å². The van der Waals surface area contributed by atoms with Crippen molar-refractivity contribution in [1.29, 1.82) is 0 Å². The number of hydrogen-bond donors (Lipinski definition) is 0. The quantitative estimate of drug-likeness (QED) is 0.509. The van der Waals surface area contributed by atoms with Gasteiger partial charge in [-0.25, -0.2) is 0 Å². The van der Waals surface area contributed by atoms with Crippen molar-refractivity contribution < 1.29 is 0 Å². The fraction of sp³-hybridized carbons (Fsp3) is 0.600. The van der Waals surface area contributed by atoms with Crippen molar-refractivity contribution in [3.8, 4) is 0 Å². The third-order valence-electron chi connectivity index (χ3n) is 1.71. The first-order chi connectivity index (χ1) is 5.19. The summed E-state index contributed by atoms with van der Waals surface area (Å²) < 4.78 is 1.69. The molecule has 0 atom stereocenters. The summed E-state index contributed by atoms with van der Waals surface area (Å²) in [4.78, 5) is 14.7. The fourth-order valence-corrected chi connectivity index (χ4v) is 53.7. The molecule has 0 unspecified atom stereocenters. The molecule has 0 aromatic carbocycles. The Balaban J connectivity index is 5.27. The molecule has 0 aliphatic rings. The second-order valence-electron chi connectivity index (χ2n) is 5.18. The van der Waals surface area contributed by atoms with Gasteiger partial charge in [0.1, 0.15) is 0 Å². The first-order valence-corrected chi connectivity index (χ1v) is 24.3. The van der Waals surface area contributed by atoms with Crippen LogP contribution < -0.4 is 0 Å². The Morgan fingerprint density at radius 1 is 0.917 bits per heavy atom. The van der Waals surface area contributed by atoms with Gasteiger partial charge in [-0.3, -0.25) is 0 Å². The molecule has 0 nitrogen and oxygen atoms in total. The van der Waals surface area contributed by atoms with E-state index in [4.69, 9.17) is 0 Å². The monoisotopic (exact) mass is 380 g/mol. The van der Waals surface area contributed by atoms with E-state index in [1.54, 1.807) is 1.60 Å². The Kier molecular flexibility index (Phi) is 4.74. The topological polar surface area (TPSA) is 0 Å². The predicted molar refractivity (Wildman–Crippen MR) is 62.9 cm³/mol. The molecule has 0 saturated carbocycles. The van der Waals surface area contributed by atoms with Gasteiger partial charge in [-0.05, 0) is 0 Å². The Morgan fingerprint density at radius 3 is 1.33 bits per heavy atom. The van der Waals surface area contributed by atoms with Gasteiger partial charge in [0.2, 0.25) is 0 Å². The summed E-state index contributed by atoms with van der Waals surface area (Å²) >= 11 is -3.72. The Bertz CT molecular complexity index is 222. The third-order valence-corrected chi connectivity index (χ3v) is 39.7. The molecule has 0 aliphatic heterocycles. The Hall–Kier alpha value is 0.897. The van der Waals surface area contributed by atoms with E-state index < -0.39 is 36.8 Å². The molecule has 0 amide bonds. The van der Waals surface area contributed by atoms with Crippen LogP contribution in [0.15, 0.2) is 19.6 Å². The molecule has 0 bridgehead atoms. The minimum absolute atomic E-state index is 1.69. The predicted octanol–water partition coefficient (Wildman–Crippen LogP) is 3.61. The molecule has 0 N–H and O–H groups in total. The maximum atomic E-state index is 3.64. The first kappa shape index (κ1) is 12.9. The molecule has 68 valence electrons. The van der Waals surface area contributed by atoms with Gasteiger partial charge >= 0.3 is 86.0 Å². The van der Waals surface area contributed by atoms with E-state index in [2.05, 4.69) is 47.7 Å². The van der Waals surface area contributed by atoms with Crippen molar-refractivity contribution in [3.05, 3.63) is 19.6 Å². The molecule has 2 heteroatoms. The summed E-state index contributed by atoms with van der Waals surface area (Å²) in [5.41, 5.74) is 6.15. The molecule has 0 aliphatic carbocycles. The maximum absolute atomic E-state index is 3.64. The Morgan fingerprint density at radius 2 is 1.25 bits per heavy atom. The number of hydrogen-bond acceptors (Lipinski definition) is 0. The minimum atomic E-state index is -1.86. The summed E-state index contributed by atoms with van der Waals surface area (Å²) in [6, 6.07) is 0. The van der Waals surface area contributed by atoms with Crippen LogP contribution in [0.5, 0.6) is 0 Å². The second-order valence-corrected chi connectivity index (χ2v) is 37.8. The zero-order valence-electron chi connectivity index (χ0n) is 9.21. The average molecular weight is 378 g/mol. The molecule has 0 heterocycles. The summed E-state index contributed by atoms with van der Waals surface area (Å²) in [5, 5.41) is 0. The zero-order chi connectivity index (χ0) is 9.99. The standard InChI is InChI=1S/C4H2.6CH3.2Sn/c1-3-4-2;;;;;;;;/h1H2;6*1H3;;. The van der Waals surface area contributed by atoms with Crippen LogP contribution in [0, 0.1) is 0 Å². The van der Waals surface area contributed by atoms with Crippen LogP contribution in [0.4, 0.5) is 0 Å². The average Bonchev–Trinajstić information content (AvgIpc) is 1.77. The van der Waals surface area contributed by atoms with Crippen LogP contribution in [-0.2, 0) is 0 Å². The molecular weight excluding hydrogens is 358 g/mol. The van der Waals surface area contributed by atoms with E-state index in [1.807, 2.05) is 0 Å². The summed E-state index contributed by atoms with van der Waals surface area (Å²) in [6.45, 7) is 3.64. The van der Waals surface area contributed by atoms with Crippen LogP contribution in [-0.4, -0.2) is 36.8 Å². The number of rotatable bonds is 2. The van der Waals surface area contributed by atoms with Crippen LogP contribution in [0.3, 0.4) is 0 Å². The van der Waals surface area contributed by atoms with Crippen molar-refractivity contribution in [1.82, 2.24) is 0 Å². The van der Waals surface area contributed by atoms with Gasteiger partial charge in [0, 0.05) is 0 Å². The molecule has 0 radical (unpaired) electrons. The first-order valence-electron chi connectivity index (χ1n) is 4.35. The summed E-state index contributed by atoms with van der Waals surface area (Å²) in [5.74, 6) is 0. The molecule has 12 heavy (non-hydrogen) atoms. The third kappa shape index (κ3) is 4.22. The van der Waals surface area contributed by atoms with Crippen LogP contribution >= 0.6 is 0 Å². The Labute approximate surface area is 85.2 Å². The van der Waals surface area contributed by atoms with Crippen LogP contribution in [0.2, 0.25) is 29.6 Å². The second kappa shape index (κ2) is 4.41. The summed E-state index contributed by atoms with van der Waals surface area (Å²) in [7, 11) is 0. The van der Waals surface area contributed by atoms with Gasteiger partial charge in [0.15, 0.2) is 0 Å². The van der Waals surface area contributed by atoms with E-state index in [0.717, 1.165) is 0 Å². The molecule has 0 aromatic rings. The van der Waals surface area contributed by atoms with Crippen molar-refractivity contribution in [3.63, 3.8) is 0 Å². The van der Waals surface area contributed by atoms with E-state index in [-0.39, 0.29) is 0 Å². The van der Waals surface area contributed by atoms with E-state index in [0.29, 0.717) is 0 Å². The van der Waals surface area contributed by atoms with Gasteiger partial charge in [-0.15, -0.1) is 0 Å². The van der Waals surface area contributed by atoms with Gasteiger partial charge in [0.05, 0.1) is 0 Å². The van der Waals surface area contributed by atoms with Crippen LogP contribution in [0.1, 0.15) is 0 Å². The molecule has 0 rings (SSSR count). The van der Waals surface area contributed by atoms with Crippen molar-refractivity contribution in [2.24, 2.45) is 0 Å². The normalized spacial score (nSPS) is 11.8. The van der Waals surface area contributed by atoms with Gasteiger partial charge in [-0.1, -0.05) is 0 Å². The van der Waals surface area contributed by atoms with Crippen molar-refractivity contribution in [2.75, 3.05) is 0 Å². The van der Waals surface area contributed by atoms with E-state index in [1.165, 1.54) is 0 Å². The van der Waals surface area contributed by atoms with Gasteiger partial charge in [-0.2, -0.15) is 0 Å². The molecule has 0 aromatic heterocycles. The molecular formula is C10H20Sn2. The zero-order valence-corrected chi connectivity index (χ0v) is 14.9. The molecule has 0 spiro atoms. The summed E-state index contributed by atoms with van der Waals surface area (Å²) in [6.07, 6.45) is 0. The van der Waals surface area contributed by atoms with Gasteiger partial charge < -0.3 is 0 Å². The van der Waals surface area contributed by atoms with Gasteiger partial charge in [0.25, 0.3) is 0 Å².